The second kappa shape index (κ2) is 13.9. The first kappa shape index (κ1) is 30.6. The van der Waals surface area contributed by atoms with E-state index in [0.29, 0.717) is 18.7 Å². The van der Waals surface area contributed by atoms with E-state index in [0.717, 1.165) is 34.0 Å². The SMILES string of the molecule is CCCNC(=O)[C@H](CC)N(Cc1ccc(OC)cc1)C(=O)CN(c1ccc(C)cc1)S(=O)(=O)c1ccc(F)cc1. The summed E-state index contributed by atoms with van der Waals surface area (Å²) in [5.41, 5.74) is 1.93. The van der Waals surface area contributed by atoms with Crippen molar-refractivity contribution in [2.75, 3.05) is 24.5 Å². The third-order valence-corrected chi connectivity index (χ3v) is 8.24. The van der Waals surface area contributed by atoms with Crippen LogP contribution in [-0.4, -0.2) is 51.4 Å². The molecule has 0 aliphatic rings. The van der Waals surface area contributed by atoms with Crippen molar-refractivity contribution in [1.82, 2.24) is 10.2 Å². The molecule has 0 aromatic heterocycles. The molecular formula is C30H36FN3O5S. The molecule has 1 atom stereocenters. The molecule has 10 heteroatoms. The number of ether oxygens (including phenoxy) is 1. The summed E-state index contributed by atoms with van der Waals surface area (Å²) >= 11 is 0. The lowest BCUT2D eigenvalue weighted by Crippen LogP contribution is -2.52. The van der Waals surface area contributed by atoms with E-state index >= 15 is 0 Å². The van der Waals surface area contributed by atoms with Gasteiger partial charge in [-0.15, -0.1) is 0 Å². The predicted molar refractivity (Wildman–Crippen MR) is 153 cm³/mol. The molecule has 3 aromatic rings. The predicted octanol–water partition coefficient (Wildman–Crippen LogP) is 4.67. The lowest BCUT2D eigenvalue weighted by atomic mass is 10.1. The maximum absolute atomic E-state index is 14.0. The standard InChI is InChI=1S/C30H36FN3O5S/c1-5-19-32-30(36)28(6-2)33(20-23-9-15-26(39-4)16-10-23)29(35)21-34(25-13-7-22(3)8-14-25)40(37,38)27-17-11-24(31)12-18-27/h7-18,28H,5-6,19-21H2,1-4H3,(H,32,36)/t28-/m0/s1. The topological polar surface area (TPSA) is 96.0 Å². The van der Waals surface area contributed by atoms with Gasteiger partial charge in [0, 0.05) is 13.1 Å². The van der Waals surface area contributed by atoms with Crippen molar-refractivity contribution in [1.29, 1.82) is 0 Å². The average Bonchev–Trinajstić information content (AvgIpc) is 2.95. The number of amides is 2. The summed E-state index contributed by atoms with van der Waals surface area (Å²) < 4.78 is 47.4. The number of nitrogens with one attached hydrogen (secondary N) is 1. The third-order valence-electron chi connectivity index (χ3n) is 6.45. The number of hydrogen-bond acceptors (Lipinski definition) is 5. The van der Waals surface area contributed by atoms with E-state index in [9.17, 15) is 22.4 Å². The van der Waals surface area contributed by atoms with Gasteiger partial charge in [-0.3, -0.25) is 13.9 Å². The largest absolute Gasteiger partial charge is 0.497 e. The van der Waals surface area contributed by atoms with Gasteiger partial charge in [-0.05, 0) is 73.9 Å². The highest BCUT2D eigenvalue weighted by Gasteiger charge is 2.33. The Morgan fingerprint density at radius 1 is 0.950 bits per heavy atom. The van der Waals surface area contributed by atoms with Gasteiger partial charge in [-0.2, -0.15) is 0 Å². The molecule has 214 valence electrons. The first-order valence-electron chi connectivity index (χ1n) is 13.2. The van der Waals surface area contributed by atoms with Crippen LogP contribution in [0.15, 0.2) is 77.7 Å². The highest BCUT2D eigenvalue weighted by molar-refractivity contribution is 7.92. The molecule has 0 unspecified atom stereocenters. The van der Waals surface area contributed by atoms with Crippen LogP contribution in [0, 0.1) is 12.7 Å². The van der Waals surface area contributed by atoms with E-state index in [1.54, 1.807) is 62.6 Å². The molecule has 0 fully saturated rings. The fraction of sp³-hybridized carbons (Fsp3) is 0.333. The van der Waals surface area contributed by atoms with E-state index in [1.165, 1.54) is 17.0 Å². The smallest absolute Gasteiger partial charge is 0.264 e. The van der Waals surface area contributed by atoms with Crippen molar-refractivity contribution in [2.45, 2.75) is 51.1 Å². The van der Waals surface area contributed by atoms with E-state index in [4.69, 9.17) is 4.74 Å². The molecule has 0 heterocycles. The van der Waals surface area contributed by atoms with Gasteiger partial charge in [-0.1, -0.05) is 43.7 Å². The summed E-state index contributed by atoms with van der Waals surface area (Å²) in [5.74, 6) is -0.799. The van der Waals surface area contributed by atoms with Crippen LogP contribution in [0.5, 0.6) is 5.75 Å². The molecule has 0 radical (unpaired) electrons. The van der Waals surface area contributed by atoms with Gasteiger partial charge in [-0.25, -0.2) is 12.8 Å². The maximum atomic E-state index is 14.0. The molecule has 0 aliphatic carbocycles. The molecule has 40 heavy (non-hydrogen) atoms. The Balaban J connectivity index is 2.03. The van der Waals surface area contributed by atoms with E-state index < -0.39 is 34.3 Å². The molecule has 0 saturated carbocycles. The zero-order valence-corrected chi connectivity index (χ0v) is 24.1. The van der Waals surface area contributed by atoms with Crippen molar-refractivity contribution < 1.29 is 27.1 Å². The molecule has 0 aliphatic heterocycles. The van der Waals surface area contributed by atoms with Crippen LogP contribution in [0.3, 0.4) is 0 Å². The molecule has 0 spiro atoms. The van der Waals surface area contributed by atoms with Gasteiger partial charge in [0.15, 0.2) is 0 Å². The second-order valence-corrected chi connectivity index (χ2v) is 11.2. The Hall–Kier alpha value is -3.92. The summed E-state index contributed by atoms with van der Waals surface area (Å²) in [5, 5.41) is 2.86. The monoisotopic (exact) mass is 569 g/mol. The number of sulfonamides is 1. The number of halogens is 1. The molecule has 8 nitrogen and oxygen atoms in total. The van der Waals surface area contributed by atoms with Gasteiger partial charge in [0.1, 0.15) is 24.2 Å². The van der Waals surface area contributed by atoms with E-state index in [1.807, 2.05) is 13.8 Å². The van der Waals surface area contributed by atoms with Crippen molar-refractivity contribution in [2.24, 2.45) is 0 Å². The lowest BCUT2D eigenvalue weighted by molar-refractivity contribution is -0.140. The summed E-state index contributed by atoms with van der Waals surface area (Å²) in [6.07, 6.45) is 1.05. The number of nitrogens with zero attached hydrogens (tertiary/aromatic N) is 2. The van der Waals surface area contributed by atoms with Crippen molar-refractivity contribution in [3.63, 3.8) is 0 Å². The minimum Gasteiger partial charge on any atom is -0.497 e. The van der Waals surface area contributed by atoms with Gasteiger partial charge in [0.05, 0.1) is 17.7 Å². The van der Waals surface area contributed by atoms with Crippen molar-refractivity contribution >= 4 is 27.5 Å². The number of hydrogen-bond donors (Lipinski definition) is 1. The molecule has 3 aromatic carbocycles. The molecule has 2 amide bonds. The summed E-state index contributed by atoms with van der Waals surface area (Å²) in [7, 11) is -2.71. The Morgan fingerprint density at radius 2 is 1.57 bits per heavy atom. The summed E-state index contributed by atoms with van der Waals surface area (Å²) in [6.45, 7) is 5.58. The molecular weight excluding hydrogens is 533 g/mol. The van der Waals surface area contributed by atoms with E-state index in [-0.39, 0.29) is 23.0 Å². The fourth-order valence-corrected chi connectivity index (χ4v) is 5.60. The van der Waals surface area contributed by atoms with Crippen LogP contribution in [0.4, 0.5) is 10.1 Å². The summed E-state index contributed by atoms with van der Waals surface area (Å²) in [4.78, 5) is 28.4. The maximum Gasteiger partial charge on any atom is 0.264 e. The Morgan fingerprint density at radius 3 is 2.12 bits per heavy atom. The number of anilines is 1. The van der Waals surface area contributed by atoms with Gasteiger partial charge in [0.25, 0.3) is 10.0 Å². The average molecular weight is 570 g/mol. The van der Waals surface area contributed by atoms with Crippen molar-refractivity contribution in [3.05, 3.63) is 89.7 Å². The highest BCUT2D eigenvalue weighted by Crippen LogP contribution is 2.25. The Bertz CT molecular complexity index is 1380. The van der Waals surface area contributed by atoms with Crippen LogP contribution in [0.25, 0.3) is 0 Å². The Labute approximate surface area is 235 Å². The van der Waals surface area contributed by atoms with Crippen LogP contribution < -0.4 is 14.4 Å². The number of benzene rings is 3. The fourth-order valence-electron chi connectivity index (χ4n) is 4.19. The first-order valence-corrected chi connectivity index (χ1v) is 14.6. The zero-order valence-electron chi connectivity index (χ0n) is 23.3. The number of carbonyl (C=O) groups is 2. The van der Waals surface area contributed by atoms with Crippen LogP contribution >= 0.6 is 0 Å². The third kappa shape index (κ3) is 7.59. The number of aryl methyl sites for hydroxylation is 1. The van der Waals surface area contributed by atoms with Crippen molar-refractivity contribution in [3.8, 4) is 5.75 Å². The number of rotatable bonds is 13. The van der Waals surface area contributed by atoms with Crippen LogP contribution in [-0.2, 0) is 26.2 Å². The van der Waals surface area contributed by atoms with Crippen LogP contribution in [0.2, 0.25) is 0 Å². The second-order valence-electron chi connectivity index (χ2n) is 9.39. The molecule has 0 bridgehead atoms. The molecule has 3 rings (SSSR count). The zero-order chi connectivity index (χ0) is 29.3. The summed E-state index contributed by atoms with van der Waals surface area (Å²) in [6, 6.07) is 17.4. The minimum atomic E-state index is -4.26. The quantitative estimate of drug-likeness (QED) is 0.323. The van der Waals surface area contributed by atoms with Gasteiger partial charge in [0.2, 0.25) is 11.8 Å². The van der Waals surface area contributed by atoms with E-state index in [2.05, 4.69) is 5.32 Å². The number of methoxy groups -OCH3 is 1. The lowest BCUT2D eigenvalue weighted by Gasteiger charge is -2.33. The minimum absolute atomic E-state index is 0.0826. The normalized spacial score (nSPS) is 11.9. The highest BCUT2D eigenvalue weighted by atomic mass is 32.2. The van der Waals surface area contributed by atoms with Gasteiger partial charge >= 0.3 is 0 Å². The Kier molecular flexibility index (Phi) is 10.7. The molecule has 1 N–H and O–H groups in total. The van der Waals surface area contributed by atoms with Crippen LogP contribution in [0.1, 0.15) is 37.8 Å². The first-order chi connectivity index (χ1) is 19.1. The molecule has 0 saturated heterocycles. The number of carbonyl (C=O) groups excluding carboxylic acids is 2. The van der Waals surface area contributed by atoms with Gasteiger partial charge < -0.3 is 15.0 Å².